The zero-order chi connectivity index (χ0) is 12.8. The van der Waals surface area contributed by atoms with Crippen LogP contribution < -0.4 is 10.6 Å². The first-order chi connectivity index (χ1) is 8.75. The molecule has 0 saturated heterocycles. The number of rotatable bonds is 4. The predicted molar refractivity (Wildman–Crippen MR) is 71.4 cm³/mol. The molecular weight excluding hydrogens is 298 g/mol. The highest BCUT2D eigenvalue weighted by atomic mass is 79.9. The van der Waals surface area contributed by atoms with Crippen LogP contribution >= 0.6 is 15.9 Å². The van der Waals surface area contributed by atoms with E-state index in [-0.39, 0.29) is 6.03 Å². The lowest BCUT2D eigenvalue weighted by Gasteiger charge is -2.06. The van der Waals surface area contributed by atoms with E-state index in [1.807, 2.05) is 24.3 Å². The van der Waals surface area contributed by atoms with E-state index in [0.717, 1.165) is 16.5 Å². The van der Waals surface area contributed by atoms with Crippen molar-refractivity contribution >= 4 is 27.8 Å². The van der Waals surface area contributed by atoms with Crippen molar-refractivity contribution in [3.05, 3.63) is 46.6 Å². The van der Waals surface area contributed by atoms with Crippen molar-refractivity contribution in [1.29, 1.82) is 0 Å². The molecule has 0 fully saturated rings. The highest BCUT2D eigenvalue weighted by molar-refractivity contribution is 9.10. The minimum absolute atomic E-state index is 0.307. The van der Waals surface area contributed by atoms with Crippen molar-refractivity contribution in [3.63, 3.8) is 0 Å². The number of carbonyl (C=O) groups excluding carboxylic acids is 1. The van der Waals surface area contributed by atoms with Crippen LogP contribution in [0.4, 0.5) is 10.7 Å². The lowest BCUT2D eigenvalue weighted by molar-refractivity contribution is 0.251. The molecule has 0 aliphatic carbocycles. The molecule has 0 unspecified atom stereocenters. The fourth-order valence-corrected chi connectivity index (χ4v) is 1.93. The Morgan fingerprint density at radius 3 is 2.89 bits per heavy atom. The van der Waals surface area contributed by atoms with Crippen LogP contribution in [-0.2, 0) is 6.42 Å². The second-order valence-corrected chi connectivity index (χ2v) is 4.45. The standard InChI is InChI=1S/C12H12BrN3O2/c13-10-4-2-1-3-9(10)5-7-14-12(17)16-11-6-8-15-18-11/h1-4,6,8H,5,7H2,(H2,14,16,17). The van der Waals surface area contributed by atoms with Crippen molar-refractivity contribution in [1.82, 2.24) is 10.5 Å². The molecule has 1 aromatic carbocycles. The molecule has 0 atom stereocenters. The third-order valence-electron chi connectivity index (χ3n) is 2.31. The smallest absolute Gasteiger partial charge is 0.321 e. The van der Waals surface area contributed by atoms with E-state index in [2.05, 4.69) is 31.7 Å². The quantitative estimate of drug-likeness (QED) is 0.912. The van der Waals surface area contributed by atoms with E-state index < -0.39 is 0 Å². The number of nitrogens with zero attached hydrogens (tertiary/aromatic N) is 1. The molecule has 2 rings (SSSR count). The number of hydrogen-bond acceptors (Lipinski definition) is 3. The molecule has 2 aromatic rings. The molecule has 2 amide bonds. The molecule has 0 aliphatic rings. The third kappa shape index (κ3) is 3.59. The molecule has 1 aromatic heterocycles. The van der Waals surface area contributed by atoms with E-state index in [9.17, 15) is 4.79 Å². The van der Waals surface area contributed by atoms with Gasteiger partial charge >= 0.3 is 6.03 Å². The Kier molecular flexibility index (Phi) is 4.35. The van der Waals surface area contributed by atoms with Crippen LogP contribution in [0.3, 0.4) is 0 Å². The van der Waals surface area contributed by atoms with Crippen molar-refractivity contribution in [3.8, 4) is 0 Å². The van der Waals surface area contributed by atoms with Crippen molar-refractivity contribution in [2.45, 2.75) is 6.42 Å². The van der Waals surface area contributed by atoms with Gasteiger partial charge in [0.1, 0.15) is 0 Å². The number of nitrogens with one attached hydrogen (secondary N) is 2. The summed E-state index contributed by atoms with van der Waals surface area (Å²) in [5.41, 5.74) is 1.15. The van der Waals surface area contributed by atoms with Crippen LogP contribution in [0.1, 0.15) is 5.56 Å². The highest BCUT2D eigenvalue weighted by Gasteiger charge is 2.04. The van der Waals surface area contributed by atoms with Gasteiger partial charge in [0.15, 0.2) is 0 Å². The molecule has 94 valence electrons. The summed E-state index contributed by atoms with van der Waals surface area (Å²) in [6.07, 6.45) is 2.22. The molecule has 0 radical (unpaired) electrons. The summed E-state index contributed by atoms with van der Waals surface area (Å²) >= 11 is 3.46. The number of halogens is 1. The van der Waals surface area contributed by atoms with Gasteiger partial charge in [-0.15, -0.1) is 0 Å². The molecule has 5 nitrogen and oxygen atoms in total. The maximum Gasteiger partial charge on any atom is 0.321 e. The van der Waals surface area contributed by atoms with Crippen molar-refractivity contribution < 1.29 is 9.32 Å². The zero-order valence-corrected chi connectivity index (χ0v) is 11.1. The molecular formula is C12H12BrN3O2. The Morgan fingerprint density at radius 1 is 1.33 bits per heavy atom. The first-order valence-electron chi connectivity index (χ1n) is 5.44. The second-order valence-electron chi connectivity index (χ2n) is 3.60. The summed E-state index contributed by atoms with van der Waals surface area (Å²) in [6, 6.07) is 9.18. The molecule has 18 heavy (non-hydrogen) atoms. The van der Waals surface area contributed by atoms with Crippen molar-refractivity contribution in [2.24, 2.45) is 0 Å². The number of anilines is 1. The summed E-state index contributed by atoms with van der Waals surface area (Å²) < 4.78 is 5.80. The summed E-state index contributed by atoms with van der Waals surface area (Å²) in [5.74, 6) is 0.327. The van der Waals surface area contributed by atoms with Crippen LogP contribution in [0, 0.1) is 0 Å². The maximum atomic E-state index is 11.5. The fraction of sp³-hybridized carbons (Fsp3) is 0.167. The molecule has 2 N–H and O–H groups in total. The number of hydrogen-bond donors (Lipinski definition) is 2. The first kappa shape index (κ1) is 12.6. The Bertz CT molecular complexity index is 514. The van der Waals surface area contributed by atoms with Gasteiger partial charge in [0.05, 0.1) is 6.20 Å². The van der Waals surface area contributed by atoms with E-state index in [4.69, 9.17) is 4.52 Å². The van der Waals surface area contributed by atoms with Gasteiger partial charge in [-0.3, -0.25) is 5.32 Å². The van der Waals surface area contributed by atoms with E-state index in [0.29, 0.717) is 12.4 Å². The summed E-state index contributed by atoms with van der Waals surface area (Å²) in [7, 11) is 0. The molecule has 0 spiro atoms. The molecule has 0 aliphatic heterocycles. The lowest BCUT2D eigenvalue weighted by atomic mass is 10.1. The fourth-order valence-electron chi connectivity index (χ4n) is 1.45. The topological polar surface area (TPSA) is 67.2 Å². The van der Waals surface area contributed by atoms with Gasteiger partial charge in [0, 0.05) is 17.1 Å². The summed E-state index contributed by atoms with van der Waals surface area (Å²) in [6.45, 7) is 0.544. The van der Waals surface area contributed by atoms with E-state index in [1.54, 1.807) is 6.07 Å². The van der Waals surface area contributed by atoms with Gasteiger partial charge in [-0.05, 0) is 18.1 Å². The van der Waals surface area contributed by atoms with Gasteiger partial charge in [-0.1, -0.05) is 39.3 Å². The molecule has 1 heterocycles. The Balaban J connectivity index is 1.75. The molecule has 0 saturated carbocycles. The van der Waals surface area contributed by atoms with Gasteiger partial charge in [-0.2, -0.15) is 0 Å². The van der Waals surface area contributed by atoms with Gasteiger partial charge in [0.25, 0.3) is 0 Å². The van der Waals surface area contributed by atoms with Crippen LogP contribution in [0.2, 0.25) is 0 Å². The van der Waals surface area contributed by atoms with E-state index in [1.165, 1.54) is 6.20 Å². The Morgan fingerprint density at radius 2 is 2.17 bits per heavy atom. The molecule has 6 heteroatoms. The normalized spacial score (nSPS) is 10.1. The number of carbonyl (C=O) groups is 1. The third-order valence-corrected chi connectivity index (χ3v) is 3.09. The minimum atomic E-state index is -0.307. The van der Waals surface area contributed by atoms with Gasteiger partial charge < -0.3 is 9.84 Å². The van der Waals surface area contributed by atoms with Crippen LogP contribution in [-0.4, -0.2) is 17.7 Å². The average Bonchev–Trinajstić information content (AvgIpc) is 2.84. The van der Waals surface area contributed by atoms with Crippen molar-refractivity contribution in [2.75, 3.05) is 11.9 Å². The predicted octanol–water partition coefficient (Wildman–Crippen LogP) is 2.80. The number of benzene rings is 1. The van der Waals surface area contributed by atoms with Crippen LogP contribution in [0.5, 0.6) is 0 Å². The number of urea groups is 1. The number of amides is 2. The van der Waals surface area contributed by atoms with Gasteiger partial charge in [-0.25, -0.2) is 4.79 Å². The largest absolute Gasteiger partial charge is 0.338 e. The lowest BCUT2D eigenvalue weighted by Crippen LogP contribution is -2.30. The zero-order valence-electron chi connectivity index (χ0n) is 9.52. The SMILES string of the molecule is O=C(NCCc1ccccc1Br)Nc1ccno1. The summed E-state index contributed by atoms with van der Waals surface area (Å²) in [5, 5.41) is 8.76. The maximum absolute atomic E-state index is 11.5. The van der Waals surface area contributed by atoms with Gasteiger partial charge in [0.2, 0.25) is 5.88 Å². The second kappa shape index (κ2) is 6.20. The Labute approximate surface area is 113 Å². The van der Waals surface area contributed by atoms with Crippen LogP contribution in [0.15, 0.2) is 45.5 Å². The first-order valence-corrected chi connectivity index (χ1v) is 6.24. The highest BCUT2D eigenvalue weighted by Crippen LogP contribution is 2.15. The minimum Gasteiger partial charge on any atom is -0.338 e. The monoisotopic (exact) mass is 309 g/mol. The molecule has 0 bridgehead atoms. The Hall–Kier alpha value is -1.82. The summed E-state index contributed by atoms with van der Waals surface area (Å²) in [4.78, 5) is 11.5. The number of aromatic nitrogens is 1. The van der Waals surface area contributed by atoms with E-state index >= 15 is 0 Å². The van der Waals surface area contributed by atoms with Crippen LogP contribution in [0.25, 0.3) is 0 Å². The average molecular weight is 310 g/mol.